The number of halogens is 3. The number of hydrogen-bond acceptors (Lipinski definition) is 5. The third kappa shape index (κ3) is 3.54. The summed E-state index contributed by atoms with van der Waals surface area (Å²) >= 11 is 0. The molecule has 2 aromatic carbocycles. The van der Waals surface area contributed by atoms with Crippen molar-refractivity contribution in [1.29, 1.82) is 0 Å². The lowest BCUT2D eigenvalue weighted by Gasteiger charge is -2.41. The maximum Gasteiger partial charge on any atom is 0.416 e. The number of hydrogen-bond donors (Lipinski definition) is 1. The lowest BCUT2D eigenvalue weighted by Crippen LogP contribution is -2.56. The first kappa shape index (κ1) is 19.9. The van der Waals surface area contributed by atoms with Crippen LogP contribution in [0.5, 0.6) is 0 Å². The van der Waals surface area contributed by atoms with E-state index in [4.69, 9.17) is 4.98 Å². The summed E-state index contributed by atoms with van der Waals surface area (Å²) in [6, 6.07) is 14.2. The molecule has 2 aliphatic heterocycles. The van der Waals surface area contributed by atoms with Crippen LogP contribution in [0.15, 0.2) is 48.5 Å². The van der Waals surface area contributed by atoms with Crippen LogP contribution in [0.2, 0.25) is 0 Å². The van der Waals surface area contributed by atoms with Crippen molar-refractivity contribution in [3.8, 4) is 0 Å². The van der Waals surface area contributed by atoms with Crippen molar-refractivity contribution in [2.24, 2.45) is 0 Å². The normalized spacial score (nSPS) is 19.6. The zero-order valence-electron chi connectivity index (χ0n) is 17.4. The second-order valence-corrected chi connectivity index (χ2v) is 8.20. The zero-order valence-corrected chi connectivity index (χ0v) is 17.4. The summed E-state index contributed by atoms with van der Waals surface area (Å²) in [7, 11) is 1.91. The predicted octanol–water partition coefficient (Wildman–Crippen LogP) is 4.53. The van der Waals surface area contributed by atoms with Crippen molar-refractivity contribution < 1.29 is 13.2 Å². The first-order valence-corrected chi connectivity index (χ1v) is 10.4. The van der Waals surface area contributed by atoms with Gasteiger partial charge in [-0.1, -0.05) is 18.2 Å². The number of pyridine rings is 1. The van der Waals surface area contributed by atoms with E-state index < -0.39 is 11.7 Å². The molecule has 1 saturated heterocycles. The average Bonchev–Trinajstić information content (AvgIpc) is 3.09. The number of nitrogens with one attached hydrogen (secondary N) is 1. The van der Waals surface area contributed by atoms with E-state index in [0.29, 0.717) is 5.69 Å². The molecule has 1 fully saturated rings. The minimum atomic E-state index is -4.34. The van der Waals surface area contributed by atoms with Crippen molar-refractivity contribution in [3.05, 3.63) is 59.7 Å². The molecule has 0 radical (unpaired) electrons. The number of para-hydroxylation sites is 1. The maximum atomic E-state index is 13.1. The van der Waals surface area contributed by atoms with Crippen LogP contribution in [0.1, 0.15) is 11.1 Å². The summed E-state index contributed by atoms with van der Waals surface area (Å²) in [5.41, 5.74) is 2.81. The van der Waals surface area contributed by atoms with Crippen LogP contribution >= 0.6 is 0 Å². The van der Waals surface area contributed by atoms with Gasteiger partial charge < -0.3 is 15.1 Å². The molecule has 2 aliphatic rings. The van der Waals surface area contributed by atoms with Crippen LogP contribution in [-0.4, -0.2) is 49.4 Å². The molecule has 5 rings (SSSR count). The number of fused-ring (bicyclic) bond motifs is 2. The topological polar surface area (TPSA) is 34.6 Å². The summed E-state index contributed by atoms with van der Waals surface area (Å²) in [6.07, 6.45) is -4.50. The fourth-order valence-corrected chi connectivity index (χ4v) is 4.55. The lowest BCUT2D eigenvalue weighted by molar-refractivity contribution is -0.137. The standard InChI is InChI=1S/C23H24F3N5/c1-15-13-16-5-3-4-6-18(16)27-21(15)30-9-11-31(12-10-30)22-28-19-14-17(23(24,25)26)7-8-20(19)29(22)2/h3-8,13-14,22,28H,9-12H2,1-2H3. The molecule has 0 spiro atoms. The van der Waals surface area contributed by atoms with Crippen LogP contribution in [0.25, 0.3) is 10.9 Å². The Bertz CT molecular complexity index is 1120. The fourth-order valence-electron chi connectivity index (χ4n) is 4.55. The monoisotopic (exact) mass is 427 g/mol. The van der Waals surface area contributed by atoms with Gasteiger partial charge in [-0.3, -0.25) is 4.90 Å². The molecular weight excluding hydrogens is 403 g/mol. The third-order valence-corrected chi connectivity index (χ3v) is 6.20. The van der Waals surface area contributed by atoms with Gasteiger partial charge in [0.15, 0.2) is 6.29 Å². The number of rotatable bonds is 2. The van der Waals surface area contributed by atoms with E-state index in [9.17, 15) is 13.2 Å². The molecular formula is C23H24F3N5. The number of aryl methyl sites for hydroxylation is 1. The van der Waals surface area contributed by atoms with Crippen LogP contribution in [0.4, 0.5) is 30.4 Å². The number of anilines is 3. The Morgan fingerprint density at radius 1 is 1.00 bits per heavy atom. The fraction of sp³-hybridized carbons (Fsp3) is 0.348. The minimum absolute atomic E-state index is 0.161. The van der Waals surface area contributed by atoms with E-state index >= 15 is 0 Å². The van der Waals surface area contributed by atoms with Gasteiger partial charge in [-0.25, -0.2) is 4.98 Å². The second-order valence-electron chi connectivity index (χ2n) is 8.20. The van der Waals surface area contributed by atoms with Crippen molar-refractivity contribution in [3.63, 3.8) is 0 Å². The van der Waals surface area contributed by atoms with E-state index in [-0.39, 0.29) is 6.29 Å². The molecule has 0 aliphatic carbocycles. The van der Waals surface area contributed by atoms with Gasteiger partial charge in [-0.05, 0) is 42.8 Å². The van der Waals surface area contributed by atoms with E-state index in [1.54, 1.807) is 6.07 Å². The molecule has 5 nitrogen and oxygen atoms in total. The Morgan fingerprint density at radius 2 is 1.74 bits per heavy atom. The van der Waals surface area contributed by atoms with E-state index in [1.165, 1.54) is 6.07 Å². The number of nitrogens with zero attached hydrogens (tertiary/aromatic N) is 4. The lowest BCUT2D eigenvalue weighted by atomic mass is 10.1. The maximum absolute atomic E-state index is 13.1. The third-order valence-electron chi connectivity index (χ3n) is 6.20. The van der Waals surface area contributed by atoms with Gasteiger partial charge in [0, 0.05) is 38.6 Å². The molecule has 1 unspecified atom stereocenters. The highest BCUT2D eigenvalue weighted by Gasteiger charge is 2.36. The molecule has 1 N–H and O–H groups in total. The molecule has 0 bridgehead atoms. The van der Waals surface area contributed by atoms with Crippen molar-refractivity contribution in [1.82, 2.24) is 9.88 Å². The van der Waals surface area contributed by atoms with E-state index in [2.05, 4.69) is 34.2 Å². The number of alkyl halides is 3. The average molecular weight is 427 g/mol. The molecule has 0 saturated carbocycles. The molecule has 8 heteroatoms. The summed E-state index contributed by atoms with van der Waals surface area (Å²) in [6.45, 7) is 5.28. The Kier molecular flexibility index (Phi) is 4.69. The minimum Gasteiger partial charge on any atom is -0.354 e. The summed E-state index contributed by atoms with van der Waals surface area (Å²) in [5.74, 6) is 1.00. The van der Waals surface area contributed by atoms with Crippen LogP contribution in [0.3, 0.4) is 0 Å². The quantitative estimate of drug-likeness (QED) is 0.650. The highest BCUT2D eigenvalue weighted by Crippen LogP contribution is 2.39. The molecule has 1 atom stereocenters. The smallest absolute Gasteiger partial charge is 0.354 e. The molecule has 31 heavy (non-hydrogen) atoms. The highest BCUT2D eigenvalue weighted by atomic mass is 19.4. The first-order chi connectivity index (χ1) is 14.8. The summed E-state index contributed by atoms with van der Waals surface area (Å²) in [5, 5.41) is 4.41. The number of aromatic nitrogens is 1. The number of piperazine rings is 1. The Hall–Kier alpha value is -3.00. The van der Waals surface area contributed by atoms with Crippen LogP contribution in [-0.2, 0) is 6.18 Å². The van der Waals surface area contributed by atoms with E-state index in [0.717, 1.165) is 60.2 Å². The number of benzene rings is 2. The largest absolute Gasteiger partial charge is 0.416 e. The summed E-state index contributed by atoms with van der Waals surface area (Å²) < 4.78 is 39.2. The molecule has 0 amide bonds. The van der Waals surface area contributed by atoms with Gasteiger partial charge in [0.2, 0.25) is 0 Å². The molecule has 3 aromatic rings. The molecule has 1 aromatic heterocycles. The van der Waals surface area contributed by atoms with Gasteiger partial charge in [0.05, 0.1) is 22.5 Å². The van der Waals surface area contributed by atoms with E-state index in [1.807, 2.05) is 30.1 Å². The van der Waals surface area contributed by atoms with Gasteiger partial charge in [0.1, 0.15) is 5.82 Å². The Labute approximate surface area is 179 Å². The summed E-state index contributed by atoms with van der Waals surface area (Å²) in [4.78, 5) is 11.4. The molecule has 162 valence electrons. The van der Waals surface area contributed by atoms with Crippen molar-refractivity contribution in [2.45, 2.75) is 19.4 Å². The van der Waals surface area contributed by atoms with Crippen LogP contribution in [0, 0.1) is 6.92 Å². The second kappa shape index (κ2) is 7.30. The van der Waals surface area contributed by atoms with Gasteiger partial charge in [-0.2, -0.15) is 13.2 Å². The van der Waals surface area contributed by atoms with Gasteiger partial charge in [0.25, 0.3) is 0 Å². The van der Waals surface area contributed by atoms with Crippen molar-refractivity contribution >= 4 is 28.1 Å². The Morgan fingerprint density at radius 3 is 2.48 bits per heavy atom. The SMILES string of the molecule is Cc1cc2ccccc2nc1N1CCN(C2Nc3cc(C(F)(F)F)ccc3N2C)CC1. The highest BCUT2D eigenvalue weighted by molar-refractivity contribution is 5.81. The van der Waals surface area contributed by atoms with Gasteiger partial charge in [-0.15, -0.1) is 0 Å². The Balaban J connectivity index is 1.30. The van der Waals surface area contributed by atoms with Gasteiger partial charge >= 0.3 is 6.18 Å². The predicted molar refractivity (Wildman–Crippen MR) is 118 cm³/mol. The zero-order chi connectivity index (χ0) is 21.8. The first-order valence-electron chi connectivity index (χ1n) is 10.4. The van der Waals surface area contributed by atoms with Crippen molar-refractivity contribution in [2.75, 3.05) is 48.3 Å². The molecule has 3 heterocycles. The van der Waals surface area contributed by atoms with Crippen LogP contribution < -0.4 is 15.1 Å².